The van der Waals surface area contributed by atoms with Gasteiger partial charge in [-0.05, 0) is 36.8 Å². The molecule has 2 atom stereocenters. The van der Waals surface area contributed by atoms with E-state index in [0.29, 0.717) is 38.4 Å². The van der Waals surface area contributed by atoms with Crippen LogP contribution in [0.2, 0.25) is 0 Å². The monoisotopic (exact) mass is 432 g/mol. The summed E-state index contributed by atoms with van der Waals surface area (Å²) < 4.78 is 32.0. The van der Waals surface area contributed by atoms with Gasteiger partial charge in [-0.25, -0.2) is 19.3 Å². The molecule has 2 aliphatic rings. The van der Waals surface area contributed by atoms with Gasteiger partial charge in [0.15, 0.2) is 0 Å². The number of carbonyl (C=O) groups excluding carboxylic acids is 1. The van der Waals surface area contributed by atoms with Crippen LogP contribution >= 0.6 is 0 Å². The highest BCUT2D eigenvalue weighted by molar-refractivity contribution is 7.89. The van der Waals surface area contributed by atoms with Crippen LogP contribution in [0.1, 0.15) is 18.0 Å². The van der Waals surface area contributed by atoms with Crippen LogP contribution in [-0.4, -0.2) is 56.1 Å². The lowest BCUT2D eigenvalue weighted by Gasteiger charge is -2.26. The first-order chi connectivity index (χ1) is 14.4. The molecule has 0 spiro atoms. The summed E-state index contributed by atoms with van der Waals surface area (Å²) >= 11 is 0. The average Bonchev–Trinajstić information content (AvgIpc) is 3.25. The molecule has 2 aromatic carbocycles. The second kappa shape index (κ2) is 8.70. The van der Waals surface area contributed by atoms with Crippen molar-refractivity contribution in [1.82, 2.24) is 15.2 Å². The lowest BCUT2D eigenvalue weighted by molar-refractivity contribution is -0.117. The number of aromatic hydroxyl groups is 1. The maximum absolute atomic E-state index is 12.7. The number of sulfonamides is 1. The molecule has 2 aliphatic heterocycles. The first-order valence-electron chi connectivity index (χ1n) is 9.73. The summed E-state index contributed by atoms with van der Waals surface area (Å²) in [5.41, 5.74) is 7.20. The predicted octanol–water partition coefficient (Wildman–Crippen LogP) is 0.959. The highest BCUT2D eigenvalue weighted by Gasteiger charge is 2.31. The Morgan fingerprint density at radius 3 is 2.47 bits per heavy atom. The summed E-state index contributed by atoms with van der Waals surface area (Å²) in [5, 5.41) is 12.8. The number of anilines is 1. The first-order valence-corrected chi connectivity index (χ1v) is 11.2. The molecule has 2 unspecified atom stereocenters. The van der Waals surface area contributed by atoms with Crippen LogP contribution in [0.25, 0.3) is 0 Å². The summed E-state index contributed by atoms with van der Waals surface area (Å²) in [4.78, 5) is 12.8. The number of benzene rings is 2. The molecule has 0 aromatic heterocycles. The number of para-hydroxylation sites is 1. The van der Waals surface area contributed by atoms with E-state index in [1.807, 2.05) is 12.1 Å². The third kappa shape index (κ3) is 4.32. The topological polar surface area (TPSA) is 120 Å². The van der Waals surface area contributed by atoms with E-state index in [9.17, 15) is 18.3 Å². The highest BCUT2D eigenvalue weighted by atomic mass is 32.2. The van der Waals surface area contributed by atoms with E-state index in [0.717, 1.165) is 5.56 Å². The largest absolute Gasteiger partial charge is 0.508 e. The molecule has 0 aliphatic carbocycles. The van der Waals surface area contributed by atoms with Gasteiger partial charge in [0.25, 0.3) is 0 Å². The first kappa shape index (κ1) is 20.8. The average molecular weight is 433 g/mol. The number of phenolic OH excluding ortho intramolecular Hbond substituents is 1. The molecule has 30 heavy (non-hydrogen) atoms. The van der Waals surface area contributed by atoms with E-state index in [2.05, 4.69) is 16.2 Å². The summed E-state index contributed by atoms with van der Waals surface area (Å²) in [5.74, 6) is -0.0702. The Hall–Kier alpha value is -2.50. The molecule has 1 amide bonds. The van der Waals surface area contributed by atoms with Gasteiger partial charge in [0, 0.05) is 24.3 Å². The van der Waals surface area contributed by atoms with Crippen LogP contribution in [-0.2, 0) is 19.6 Å². The molecule has 4 N–H and O–H groups in total. The maximum atomic E-state index is 12.7. The molecule has 0 bridgehead atoms. The van der Waals surface area contributed by atoms with Crippen LogP contribution in [0.5, 0.6) is 5.75 Å². The van der Waals surface area contributed by atoms with E-state index in [1.54, 1.807) is 24.3 Å². The van der Waals surface area contributed by atoms with E-state index in [1.165, 1.54) is 16.4 Å². The Morgan fingerprint density at radius 1 is 1.07 bits per heavy atom. The minimum absolute atomic E-state index is 0.176. The Bertz CT molecular complexity index is 1010. The van der Waals surface area contributed by atoms with E-state index >= 15 is 0 Å². The molecular formula is C20H24N4O5S. The van der Waals surface area contributed by atoms with Crippen molar-refractivity contribution in [3.63, 3.8) is 0 Å². The normalized spacial score (nSPS) is 22.7. The van der Waals surface area contributed by atoms with Crippen molar-refractivity contribution in [2.75, 3.05) is 31.6 Å². The zero-order valence-electron chi connectivity index (χ0n) is 16.2. The molecule has 0 radical (unpaired) electrons. The van der Waals surface area contributed by atoms with Gasteiger partial charge >= 0.3 is 0 Å². The molecule has 4 rings (SSSR count). The Labute approximate surface area is 175 Å². The van der Waals surface area contributed by atoms with Gasteiger partial charge < -0.3 is 15.2 Å². The minimum Gasteiger partial charge on any atom is -0.508 e. The highest BCUT2D eigenvalue weighted by Crippen LogP contribution is 2.29. The molecular weight excluding hydrogens is 408 g/mol. The van der Waals surface area contributed by atoms with Crippen LogP contribution in [0.4, 0.5) is 5.69 Å². The SMILES string of the molecule is O=C(Nc1ccc(S(=O)(=O)N2CCOCC2)cc1)C1CC(c2ccccc2O)NN1. The number of morpholine rings is 1. The number of hydrogen-bond donors (Lipinski definition) is 4. The van der Waals surface area contributed by atoms with Crippen molar-refractivity contribution >= 4 is 21.6 Å². The van der Waals surface area contributed by atoms with Gasteiger partial charge in [-0.1, -0.05) is 18.2 Å². The number of amides is 1. The number of phenols is 1. The third-order valence-corrected chi connectivity index (χ3v) is 7.17. The fourth-order valence-electron chi connectivity index (χ4n) is 3.59. The van der Waals surface area contributed by atoms with Gasteiger partial charge in [-0.15, -0.1) is 0 Å². The van der Waals surface area contributed by atoms with Crippen LogP contribution in [0.15, 0.2) is 53.4 Å². The summed E-state index contributed by atoms with van der Waals surface area (Å²) in [6.45, 7) is 1.44. The number of nitrogens with one attached hydrogen (secondary N) is 3. The second-order valence-electron chi connectivity index (χ2n) is 7.22. The number of hydrazine groups is 1. The molecule has 2 heterocycles. The molecule has 160 valence electrons. The molecule has 10 heteroatoms. The van der Waals surface area contributed by atoms with Crippen LogP contribution in [0, 0.1) is 0 Å². The van der Waals surface area contributed by atoms with Crippen molar-refractivity contribution in [3.05, 3.63) is 54.1 Å². The summed E-state index contributed by atoms with van der Waals surface area (Å²) in [6.07, 6.45) is 0.465. The predicted molar refractivity (Wildman–Crippen MR) is 110 cm³/mol. The van der Waals surface area contributed by atoms with Gasteiger partial charge in [0.2, 0.25) is 15.9 Å². The second-order valence-corrected chi connectivity index (χ2v) is 9.16. The molecule has 2 saturated heterocycles. The quantitative estimate of drug-likeness (QED) is 0.555. The molecule has 2 fully saturated rings. The Balaban J connectivity index is 1.38. The van der Waals surface area contributed by atoms with Crippen molar-refractivity contribution in [2.45, 2.75) is 23.4 Å². The zero-order chi connectivity index (χ0) is 21.1. The van der Waals surface area contributed by atoms with Crippen LogP contribution < -0.4 is 16.2 Å². The zero-order valence-corrected chi connectivity index (χ0v) is 17.1. The number of rotatable bonds is 5. The van der Waals surface area contributed by atoms with Crippen LogP contribution in [0.3, 0.4) is 0 Å². The van der Waals surface area contributed by atoms with Crippen molar-refractivity contribution in [1.29, 1.82) is 0 Å². The standard InChI is InChI=1S/C20H24N4O5S/c25-19-4-2-1-3-16(19)17-13-18(23-22-17)20(26)21-14-5-7-15(8-6-14)30(27,28)24-9-11-29-12-10-24/h1-8,17-18,22-23,25H,9-13H2,(H,21,26). The third-order valence-electron chi connectivity index (χ3n) is 5.26. The van der Waals surface area contributed by atoms with Gasteiger partial charge in [-0.2, -0.15) is 4.31 Å². The number of ether oxygens (including phenoxy) is 1. The van der Waals surface area contributed by atoms with Gasteiger partial charge in [0.1, 0.15) is 11.8 Å². The van der Waals surface area contributed by atoms with Crippen molar-refractivity contribution in [3.8, 4) is 5.75 Å². The van der Waals surface area contributed by atoms with Crippen molar-refractivity contribution in [2.24, 2.45) is 0 Å². The fourth-order valence-corrected chi connectivity index (χ4v) is 5.00. The van der Waals surface area contributed by atoms with E-state index in [4.69, 9.17) is 4.74 Å². The molecule has 2 aromatic rings. The summed E-state index contributed by atoms with van der Waals surface area (Å²) in [7, 11) is -3.57. The number of carbonyl (C=O) groups is 1. The molecule has 0 saturated carbocycles. The van der Waals surface area contributed by atoms with E-state index in [-0.39, 0.29) is 22.6 Å². The summed E-state index contributed by atoms with van der Waals surface area (Å²) in [6, 6.07) is 12.4. The van der Waals surface area contributed by atoms with Gasteiger partial charge in [0.05, 0.1) is 24.2 Å². The Kier molecular flexibility index (Phi) is 6.02. The lowest BCUT2D eigenvalue weighted by Crippen LogP contribution is -2.40. The smallest absolute Gasteiger partial charge is 0.243 e. The lowest BCUT2D eigenvalue weighted by atomic mass is 10.0. The van der Waals surface area contributed by atoms with E-state index < -0.39 is 16.1 Å². The maximum Gasteiger partial charge on any atom is 0.243 e. The number of nitrogens with zero attached hydrogens (tertiary/aromatic N) is 1. The van der Waals surface area contributed by atoms with Gasteiger partial charge in [-0.3, -0.25) is 4.79 Å². The molecule has 9 nitrogen and oxygen atoms in total. The van der Waals surface area contributed by atoms with Crippen molar-refractivity contribution < 1.29 is 23.1 Å². The fraction of sp³-hybridized carbons (Fsp3) is 0.350. The number of hydrogen-bond acceptors (Lipinski definition) is 7. The minimum atomic E-state index is -3.57. The Morgan fingerprint density at radius 2 is 1.77 bits per heavy atom.